The number of benzene rings is 1. The molecule has 1 aliphatic carbocycles. The topological polar surface area (TPSA) is 60.4 Å². The van der Waals surface area contributed by atoms with Gasteiger partial charge in [0.2, 0.25) is 0 Å². The van der Waals surface area contributed by atoms with E-state index in [1.807, 2.05) is 6.07 Å². The number of cyclic esters (lactones) is 1. The van der Waals surface area contributed by atoms with Crippen molar-refractivity contribution in [1.82, 2.24) is 0 Å². The van der Waals surface area contributed by atoms with Crippen molar-refractivity contribution >= 4 is 29.1 Å². The van der Waals surface area contributed by atoms with Gasteiger partial charge in [0.05, 0.1) is 5.02 Å². The van der Waals surface area contributed by atoms with Crippen LogP contribution in [0.15, 0.2) is 18.2 Å². The number of ketones is 2. The molecule has 5 heteroatoms. The van der Waals surface area contributed by atoms with Gasteiger partial charge in [-0.1, -0.05) is 30.5 Å². The molecular formula is C20H23ClO4. The third-order valence-electron chi connectivity index (χ3n) is 5.50. The van der Waals surface area contributed by atoms with Crippen molar-refractivity contribution in [3.8, 4) is 0 Å². The van der Waals surface area contributed by atoms with Crippen LogP contribution in [0.5, 0.6) is 0 Å². The zero-order valence-corrected chi connectivity index (χ0v) is 15.2. The Balaban J connectivity index is 1.79. The Morgan fingerprint density at radius 1 is 1.28 bits per heavy atom. The van der Waals surface area contributed by atoms with Crippen molar-refractivity contribution in [3.05, 3.63) is 34.3 Å². The fourth-order valence-electron chi connectivity index (χ4n) is 4.23. The highest BCUT2D eigenvalue weighted by atomic mass is 35.5. The molecule has 1 aromatic carbocycles. The number of halogens is 1. The van der Waals surface area contributed by atoms with Crippen LogP contribution in [0.4, 0.5) is 0 Å². The zero-order valence-electron chi connectivity index (χ0n) is 14.5. The molecule has 3 rings (SSSR count). The minimum absolute atomic E-state index is 0.0203. The van der Waals surface area contributed by atoms with E-state index in [9.17, 15) is 14.4 Å². The maximum atomic E-state index is 12.1. The largest absolute Gasteiger partial charge is 0.458 e. The van der Waals surface area contributed by atoms with Crippen molar-refractivity contribution in [1.29, 1.82) is 0 Å². The van der Waals surface area contributed by atoms with E-state index < -0.39 is 11.6 Å². The first kappa shape index (κ1) is 18.1. The highest BCUT2D eigenvalue weighted by Crippen LogP contribution is 2.44. The molecule has 25 heavy (non-hydrogen) atoms. The highest BCUT2D eigenvalue weighted by Gasteiger charge is 2.47. The summed E-state index contributed by atoms with van der Waals surface area (Å²) in [4.78, 5) is 35.5. The van der Waals surface area contributed by atoms with Crippen molar-refractivity contribution in [2.45, 2.75) is 63.9 Å². The summed E-state index contributed by atoms with van der Waals surface area (Å²) in [5.41, 5.74) is 0.825. The van der Waals surface area contributed by atoms with Gasteiger partial charge in [0.15, 0.2) is 5.78 Å². The van der Waals surface area contributed by atoms with Crippen LogP contribution in [0, 0.1) is 5.92 Å². The van der Waals surface area contributed by atoms with E-state index in [4.69, 9.17) is 16.3 Å². The second-order valence-corrected chi connectivity index (χ2v) is 7.69. The molecule has 0 bridgehead atoms. The summed E-state index contributed by atoms with van der Waals surface area (Å²) < 4.78 is 5.80. The molecule has 1 heterocycles. The summed E-state index contributed by atoms with van der Waals surface area (Å²) >= 11 is 6.19. The monoisotopic (exact) mass is 362 g/mol. The van der Waals surface area contributed by atoms with Gasteiger partial charge in [-0.3, -0.25) is 14.4 Å². The normalized spacial score (nSPS) is 24.4. The average Bonchev–Trinajstić information content (AvgIpc) is 3.07. The minimum Gasteiger partial charge on any atom is -0.458 e. The first-order valence-electron chi connectivity index (χ1n) is 8.92. The number of Topliss-reactive ketones (excluding diaryl/α,β-unsaturated/α-hetero) is 2. The lowest BCUT2D eigenvalue weighted by atomic mass is 9.76. The fraction of sp³-hybridized carbons (Fsp3) is 0.550. The van der Waals surface area contributed by atoms with Crippen LogP contribution < -0.4 is 0 Å². The highest BCUT2D eigenvalue weighted by molar-refractivity contribution is 6.33. The molecule has 0 aromatic heterocycles. The van der Waals surface area contributed by atoms with Crippen LogP contribution in [0.2, 0.25) is 5.02 Å². The van der Waals surface area contributed by atoms with Crippen LogP contribution in [0.3, 0.4) is 0 Å². The van der Waals surface area contributed by atoms with Gasteiger partial charge in [-0.25, -0.2) is 0 Å². The summed E-state index contributed by atoms with van der Waals surface area (Å²) in [6, 6.07) is 5.42. The van der Waals surface area contributed by atoms with E-state index in [-0.39, 0.29) is 23.9 Å². The molecule has 1 atom stereocenters. The molecule has 0 spiro atoms. The number of ether oxygens (including phenoxy) is 1. The Morgan fingerprint density at radius 3 is 2.60 bits per heavy atom. The first-order valence-corrected chi connectivity index (χ1v) is 9.30. The Hall–Kier alpha value is -1.68. The third-order valence-corrected chi connectivity index (χ3v) is 5.82. The van der Waals surface area contributed by atoms with E-state index in [0.717, 1.165) is 31.2 Å². The molecule has 1 aromatic rings. The van der Waals surface area contributed by atoms with Crippen LogP contribution in [-0.4, -0.2) is 23.1 Å². The van der Waals surface area contributed by atoms with E-state index in [0.29, 0.717) is 29.8 Å². The summed E-state index contributed by atoms with van der Waals surface area (Å²) in [5, 5.41) is 0.441. The molecule has 0 N–H and O–H groups in total. The summed E-state index contributed by atoms with van der Waals surface area (Å²) in [6.07, 6.45) is 5.75. The lowest BCUT2D eigenvalue weighted by Crippen LogP contribution is -2.48. The maximum Gasteiger partial charge on any atom is 0.313 e. The van der Waals surface area contributed by atoms with E-state index in [2.05, 4.69) is 0 Å². The number of carbonyl (C=O) groups is 3. The Labute approximate surface area is 152 Å². The fourth-order valence-corrected chi connectivity index (χ4v) is 4.57. The predicted octanol–water partition coefficient (Wildman–Crippen LogP) is 4.31. The average molecular weight is 363 g/mol. The summed E-state index contributed by atoms with van der Waals surface area (Å²) in [7, 11) is 0. The van der Waals surface area contributed by atoms with E-state index in [1.54, 1.807) is 12.1 Å². The van der Waals surface area contributed by atoms with Crippen LogP contribution in [0.25, 0.3) is 0 Å². The quantitative estimate of drug-likeness (QED) is 0.445. The molecular weight excluding hydrogens is 340 g/mol. The lowest BCUT2D eigenvalue weighted by molar-refractivity contribution is -0.178. The molecule has 134 valence electrons. The van der Waals surface area contributed by atoms with Crippen molar-refractivity contribution in [2.75, 3.05) is 0 Å². The number of hydrogen-bond donors (Lipinski definition) is 0. The lowest BCUT2D eigenvalue weighted by Gasteiger charge is -2.41. The second-order valence-electron chi connectivity index (χ2n) is 7.28. The van der Waals surface area contributed by atoms with E-state index in [1.165, 1.54) is 6.92 Å². The minimum atomic E-state index is -0.672. The molecule has 2 fully saturated rings. The van der Waals surface area contributed by atoms with Crippen LogP contribution in [0.1, 0.15) is 67.8 Å². The van der Waals surface area contributed by atoms with Gasteiger partial charge >= 0.3 is 5.97 Å². The van der Waals surface area contributed by atoms with Crippen molar-refractivity contribution < 1.29 is 19.1 Å². The maximum absolute atomic E-state index is 12.1. The molecule has 0 amide bonds. The molecule has 1 saturated heterocycles. The Bertz CT molecular complexity index is 688. The molecule has 4 nitrogen and oxygen atoms in total. The number of hydrogen-bond acceptors (Lipinski definition) is 4. The van der Waals surface area contributed by atoms with Crippen LogP contribution >= 0.6 is 11.6 Å². The third kappa shape index (κ3) is 3.95. The summed E-state index contributed by atoms with van der Waals surface area (Å²) in [5.74, 6) is -0.223. The van der Waals surface area contributed by atoms with Crippen molar-refractivity contribution in [2.24, 2.45) is 5.92 Å². The molecule has 1 saturated carbocycles. The molecule has 1 unspecified atom stereocenters. The van der Waals surface area contributed by atoms with Gasteiger partial charge in [-0.2, -0.15) is 0 Å². The van der Waals surface area contributed by atoms with Crippen molar-refractivity contribution in [3.63, 3.8) is 0 Å². The Morgan fingerprint density at radius 2 is 2.00 bits per heavy atom. The van der Waals surface area contributed by atoms with Gasteiger partial charge in [0.25, 0.3) is 0 Å². The van der Waals surface area contributed by atoms with Gasteiger partial charge < -0.3 is 4.74 Å². The second kappa shape index (κ2) is 7.28. The molecule has 2 aliphatic rings. The Kier molecular flexibility index (Phi) is 5.28. The number of rotatable bonds is 5. The smallest absolute Gasteiger partial charge is 0.313 e. The van der Waals surface area contributed by atoms with Gasteiger partial charge in [-0.15, -0.1) is 0 Å². The molecule has 0 radical (unpaired) electrons. The number of aryl methyl sites for hydroxylation is 1. The zero-order chi connectivity index (χ0) is 18.0. The first-order chi connectivity index (χ1) is 11.9. The van der Waals surface area contributed by atoms with Crippen LogP contribution in [-0.2, 0) is 20.7 Å². The van der Waals surface area contributed by atoms with Gasteiger partial charge in [0, 0.05) is 12.0 Å². The molecule has 1 aliphatic heterocycles. The van der Waals surface area contributed by atoms with Gasteiger partial charge in [0.1, 0.15) is 17.8 Å². The standard InChI is InChI=1S/C20H23ClO4/c1-13(22)17-7-6-14(10-18(17)21)8-9-20(15-4-2-3-5-15)12-16(23)11-19(24)25-20/h6-7,10,15H,2-5,8-9,11-12H2,1H3. The summed E-state index contributed by atoms with van der Waals surface area (Å²) in [6.45, 7) is 1.49. The van der Waals surface area contributed by atoms with Gasteiger partial charge in [-0.05, 0) is 56.2 Å². The van der Waals surface area contributed by atoms with E-state index >= 15 is 0 Å². The number of carbonyl (C=O) groups excluding carboxylic acids is 3. The SMILES string of the molecule is CC(=O)c1ccc(CCC2(C3CCCC3)CC(=O)CC(=O)O2)cc1Cl. The number of esters is 1. The predicted molar refractivity (Wildman–Crippen MR) is 94.8 cm³/mol.